The van der Waals surface area contributed by atoms with Crippen molar-refractivity contribution in [3.63, 3.8) is 0 Å². The Labute approximate surface area is 458 Å². The maximum absolute atomic E-state index is 12.9. The summed E-state index contributed by atoms with van der Waals surface area (Å²) < 4.78 is 16.9. The molecule has 0 radical (unpaired) electrons. The average molecular weight is 1030 g/mol. The fraction of sp³-hybridized carbons (Fsp3) is 0.750. The molecule has 0 saturated heterocycles. The van der Waals surface area contributed by atoms with Crippen molar-refractivity contribution in [1.29, 1.82) is 0 Å². The van der Waals surface area contributed by atoms with E-state index in [1.807, 2.05) is 0 Å². The summed E-state index contributed by atoms with van der Waals surface area (Å²) in [6.07, 6.45) is 81.5. The van der Waals surface area contributed by atoms with Crippen molar-refractivity contribution in [2.45, 2.75) is 316 Å². The van der Waals surface area contributed by atoms with Crippen LogP contribution < -0.4 is 0 Å². The number of carbonyl (C=O) groups is 3. The molecule has 0 amide bonds. The van der Waals surface area contributed by atoms with Crippen LogP contribution in [0.25, 0.3) is 0 Å². The molecular weight excluding hydrogens is 913 g/mol. The second kappa shape index (κ2) is 62.1. The molecule has 6 nitrogen and oxygen atoms in total. The minimum atomic E-state index is -0.790. The zero-order valence-electron chi connectivity index (χ0n) is 48.8. The van der Waals surface area contributed by atoms with E-state index < -0.39 is 6.10 Å². The van der Waals surface area contributed by atoms with Crippen LogP contribution in [-0.4, -0.2) is 37.2 Å². The number of unbranched alkanes of at least 4 members (excludes halogenated alkanes) is 32. The number of rotatable bonds is 57. The monoisotopic (exact) mass is 1030 g/mol. The van der Waals surface area contributed by atoms with E-state index in [-0.39, 0.29) is 31.1 Å². The molecule has 0 bridgehead atoms. The molecule has 0 aliphatic rings. The Morgan fingerprint density at radius 2 is 0.527 bits per heavy atom. The summed E-state index contributed by atoms with van der Waals surface area (Å²) in [5, 5.41) is 0. The van der Waals surface area contributed by atoms with Crippen LogP contribution in [0.1, 0.15) is 310 Å². The molecule has 0 fully saturated rings. The predicted molar refractivity (Wildman–Crippen MR) is 321 cm³/mol. The van der Waals surface area contributed by atoms with Gasteiger partial charge in [0.1, 0.15) is 13.2 Å². The molecule has 0 aromatic rings. The highest BCUT2D eigenvalue weighted by Crippen LogP contribution is 2.16. The quantitative estimate of drug-likeness (QED) is 0.0261. The van der Waals surface area contributed by atoms with Gasteiger partial charge >= 0.3 is 17.9 Å². The summed E-state index contributed by atoms with van der Waals surface area (Å²) in [5.74, 6) is -0.902. The highest BCUT2D eigenvalue weighted by atomic mass is 16.6. The van der Waals surface area contributed by atoms with Crippen molar-refractivity contribution in [1.82, 2.24) is 0 Å². The highest BCUT2D eigenvalue weighted by Gasteiger charge is 2.19. The first kappa shape index (κ1) is 70.6. The SMILES string of the molecule is CC/C=C\C/C=C\C/C=C\CCCCCCCC(=O)OCC(COC(=O)CCCCCCCCCCCCC/C=C\C/C=C\CCCCCCC)OC(=O)CCCCCCCCC/C=C\C/C=C\CCCCCC. The minimum absolute atomic E-state index is 0.0858. The fourth-order valence-electron chi connectivity index (χ4n) is 8.87. The number of esters is 3. The third kappa shape index (κ3) is 59.5. The third-order valence-electron chi connectivity index (χ3n) is 13.6. The van der Waals surface area contributed by atoms with Crippen LogP contribution in [0.15, 0.2) is 85.1 Å². The Morgan fingerprint density at radius 1 is 0.284 bits per heavy atom. The van der Waals surface area contributed by atoms with Crippen LogP contribution in [0.2, 0.25) is 0 Å². The van der Waals surface area contributed by atoms with Gasteiger partial charge < -0.3 is 14.2 Å². The van der Waals surface area contributed by atoms with E-state index in [9.17, 15) is 14.4 Å². The molecule has 0 aromatic heterocycles. The fourth-order valence-corrected chi connectivity index (χ4v) is 8.87. The lowest BCUT2D eigenvalue weighted by Crippen LogP contribution is -2.30. The van der Waals surface area contributed by atoms with Crippen molar-refractivity contribution in [2.24, 2.45) is 0 Å². The first-order valence-electron chi connectivity index (χ1n) is 31.6. The van der Waals surface area contributed by atoms with E-state index in [0.29, 0.717) is 19.3 Å². The van der Waals surface area contributed by atoms with Crippen molar-refractivity contribution >= 4 is 17.9 Å². The van der Waals surface area contributed by atoms with Crippen LogP contribution in [0.4, 0.5) is 0 Å². The van der Waals surface area contributed by atoms with Crippen LogP contribution in [0, 0.1) is 0 Å². The first-order chi connectivity index (χ1) is 36.5. The molecule has 1 atom stereocenters. The average Bonchev–Trinajstić information content (AvgIpc) is 3.40. The Kier molecular flexibility index (Phi) is 59.3. The Morgan fingerprint density at radius 3 is 0.838 bits per heavy atom. The number of hydrogen-bond donors (Lipinski definition) is 0. The number of carbonyl (C=O) groups excluding carboxylic acids is 3. The van der Waals surface area contributed by atoms with Crippen molar-refractivity contribution in [2.75, 3.05) is 13.2 Å². The maximum Gasteiger partial charge on any atom is 0.306 e. The van der Waals surface area contributed by atoms with Crippen molar-refractivity contribution in [3.8, 4) is 0 Å². The van der Waals surface area contributed by atoms with Gasteiger partial charge in [-0.15, -0.1) is 0 Å². The molecule has 0 aliphatic heterocycles. The third-order valence-corrected chi connectivity index (χ3v) is 13.6. The predicted octanol–water partition coefficient (Wildman–Crippen LogP) is 21.5. The molecule has 1 unspecified atom stereocenters. The van der Waals surface area contributed by atoms with Crippen LogP contribution in [0.5, 0.6) is 0 Å². The Balaban J connectivity index is 4.37. The van der Waals surface area contributed by atoms with Gasteiger partial charge in [-0.1, -0.05) is 260 Å². The van der Waals surface area contributed by atoms with Crippen molar-refractivity contribution in [3.05, 3.63) is 85.1 Å². The highest BCUT2D eigenvalue weighted by molar-refractivity contribution is 5.71. The van der Waals surface area contributed by atoms with Crippen LogP contribution in [-0.2, 0) is 28.6 Å². The molecule has 0 aromatic carbocycles. The standard InChI is InChI=1S/C68H118O6/c1-4-7-10-13-16-19-22-25-28-30-32-33-34-35-36-38-40-43-46-49-52-55-58-61-67(70)73-64-65(63-72-66(69)60-57-54-51-48-45-42-39-27-24-21-18-15-12-9-6-3)74-68(71)62-59-56-53-50-47-44-41-37-31-29-26-23-20-17-14-11-8-5-2/h9,12,18,20-23,25,27,29-32,39,65H,4-8,10-11,13-17,19,24,26,28,33-38,40-64H2,1-3H3/b12-9-,21-18-,23-20-,25-22-,31-29-,32-30-,39-27-. The summed E-state index contributed by atoms with van der Waals surface area (Å²) in [4.78, 5) is 38.3. The molecule has 0 aliphatic carbocycles. The lowest BCUT2D eigenvalue weighted by Gasteiger charge is -2.18. The van der Waals surface area contributed by atoms with Gasteiger partial charge in [-0.2, -0.15) is 0 Å². The summed E-state index contributed by atoms with van der Waals surface area (Å²) >= 11 is 0. The van der Waals surface area contributed by atoms with E-state index >= 15 is 0 Å². The van der Waals surface area contributed by atoms with E-state index in [2.05, 4.69) is 106 Å². The van der Waals surface area contributed by atoms with E-state index in [0.717, 1.165) is 116 Å². The summed E-state index contributed by atoms with van der Waals surface area (Å²) in [7, 11) is 0. The van der Waals surface area contributed by atoms with Crippen LogP contribution in [0.3, 0.4) is 0 Å². The van der Waals surface area contributed by atoms with Gasteiger partial charge in [0.05, 0.1) is 0 Å². The maximum atomic E-state index is 12.9. The van der Waals surface area contributed by atoms with Gasteiger partial charge in [-0.05, 0) is 116 Å². The largest absolute Gasteiger partial charge is 0.462 e. The van der Waals surface area contributed by atoms with E-state index in [1.54, 1.807) is 0 Å². The van der Waals surface area contributed by atoms with Gasteiger partial charge in [0.25, 0.3) is 0 Å². The lowest BCUT2D eigenvalue weighted by atomic mass is 10.0. The molecule has 0 spiro atoms. The zero-order valence-corrected chi connectivity index (χ0v) is 48.8. The summed E-state index contributed by atoms with van der Waals surface area (Å²) in [6, 6.07) is 0. The van der Waals surface area contributed by atoms with Crippen LogP contribution >= 0.6 is 0 Å². The van der Waals surface area contributed by atoms with E-state index in [1.165, 1.54) is 154 Å². The zero-order chi connectivity index (χ0) is 53.6. The number of ether oxygens (including phenoxy) is 3. The minimum Gasteiger partial charge on any atom is -0.462 e. The van der Waals surface area contributed by atoms with Gasteiger partial charge in [-0.25, -0.2) is 0 Å². The Hall–Kier alpha value is -3.41. The van der Waals surface area contributed by atoms with Crippen molar-refractivity contribution < 1.29 is 28.6 Å². The molecule has 0 saturated carbocycles. The van der Waals surface area contributed by atoms with Gasteiger partial charge in [-0.3, -0.25) is 14.4 Å². The summed E-state index contributed by atoms with van der Waals surface area (Å²) in [5.41, 5.74) is 0. The number of hydrogen-bond acceptors (Lipinski definition) is 6. The topological polar surface area (TPSA) is 78.9 Å². The molecule has 0 N–H and O–H groups in total. The lowest BCUT2D eigenvalue weighted by molar-refractivity contribution is -0.167. The smallest absolute Gasteiger partial charge is 0.306 e. The first-order valence-corrected chi connectivity index (χ1v) is 31.6. The Bertz CT molecular complexity index is 1420. The van der Waals surface area contributed by atoms with Gasteiger partial charge in [0, 0.05) is 19.3 Å². The van der Waals surface area contributed by atoms with Gasteiger partial charge in [0.2, 0.25) is 0 Å². The molecular formula is C68H118O6. The van der Waals surface area contributed by atoms with E-state index in [4.69, 9.17) is 14.2 Å². The molecule has 0 rings (SSSR count). The molecule has 74 heavy (non-hydrogen) atoms. The van der Waals surface area contributed by atoms with Gasteiger partial charge in [0.15, 0.2) is 6.10 Å². The number of allylic oxidation sites excluding steroid dienone is 14. The molecule has 0 heterocycles. The second-order valence-electron chi connectivity index (χ2n) is 20.9. The molecule has 426 valence electrons. The summed E-state index contributed by atoms with van der Waals surface area (Å²) in [6.45, 7) is 6.51. The second-order valence-corrected chi connectivity index (χ2v) is 20.9. The normalized spacial score (nSPS) is 12.6. The molecule has 6 heteroatoms.